The molecule has 1 aliphatic rings. The summed E-state index contributed by atoms with van der Waals surface area (Å²) in [6, 6.07) is 3.09. The van der Waals surface area contributed by atoms with Crippen molar-refractivity contribution in [3.63, 3.8) is 0 Å². The second-order valence-corrected chi connectivity index (χ2v) is 4.76. The summed E-state index contributed by atoms with van der Waals surface area (Å²) in [4.78, 5) is 0. The quantitative estimate of drug-likeness (QED) is 0.758. The molecule has 0 spiro atoms. The molecule has 100 valence electrons. The van der Waals surface area contributed by atoms with Gasteiger partial charge < -0.3 is 5.11 Å². The lowest BCUT2D eigenvalue weighted by Crippen LogP contribution is -2.30. The molecule has 0 amide bonds. The van der Waals surface area contributed by atoms with Crippen LogP contribution in [-0.2, 0) is 11.8 Å². The lowest BCUT2D eigenvalue weighted by atomic mass is 9.79. The van der Waals surface area contributed by atoms with Gasteiger partial charge in [-0.05, 0) is 18.9 Å². The van der Waals surface area contributed by atoms with Crippen molar-refractivity contribution in [2.24, 2.45) is 0 Å². The molecule has 1 aromatic rings. The first-order chi connectivity index (χ1) is 8.34. The van der Waals surface area contributed by atoms with E-state index in [4.69, 9.17) is 0 Å². The minimum absolute atomic E-state index is 0.225. The molecular weight excluding hydrogens is 248 g/mol. The van der Waals surface area contributed by atoms with Crippen LogP contribution in [0.5, 0.6) is 0 Å². The third-order valence-corrected chi connectivity index (χ3v) is 3.49. The molecule has 18 heavy (non-hydrogen) atoms. The Labute approximate surface area is 102 Å². The van der Waals surface area contributed by atoms with Gasteiger partial charge in [0.25, 0.3) is 0 Å². The molecule has 0 atom stereocenters. The maximum Gasteiger partial charge on any atom is 0.419 e. The Kier molecular flexibility index (Phi) is 3.36. The molecular formula is C13H14F4O. The average molecular weight is 262 g/mol. The van der Waals surface area contributed by atoms with Crippen molar-refractivity contribution >= 4 is 0 Å². The van der Waals surface area contributed by atoms with E-state index in [0.717, 1.165) is 12.5 Å². The van der Waals surface area contributed by atoms with E-state index in [-0.39, 0.29) is 5.56 Å². The number of rotatable bonds is 1. The van der Waals surface area contributed by atoms with E-state index in [2.05, 4.69) is 0 Å². The van der Waals surface area contributed by atoms with Crippen LogP contribution in [0.15, 0.2) is 18.2 Å². The normalized spacial score (nSPS) is 19.8. The third kappa shape index (κ3) is 2.36. The lowest BCUT2D eigenvalue weighted by Gasteiger charge is -2.33. The highest BCUT2D eigenvalue weighted by molar-refractivity contribution is 5.32. The molecule has 1 fully saturated rings. The summed E-state index contributed by atoms with van der Waals surface area (Å²) in [6.45, 7) is 0. The summed E-state index contributed by atoms with van der Waals surface area (Å²) in [5, 5.41) is 10.3. The molecule has 1 saturated carbocycles. The van der Waals surface area contributed by atoms with Gasteiger partial charge in [-0.3, -0.25) is 0 Å². The molecule has 5 heteroatoms. The highest BCUT2D eigenvalue weighted by atomic mass is 19.4. The maximum absolute atomic E-state index is 13.9. The van der Waals surface area contributed by atoms with E-state index in [0.29, 0.717) is 31.7 Å². The molecule has 0 bridgehead atoms. The van der Waals surface area contributed by atoms with Gasteiger partial charge in [0.2, 0.25) is 0 Å². The highest BCUT2D eigenvalue weighted by Crippen LogP contribution is 2.41. The standard InChI is InChI=1S/C13H14F4O/c14-11-9(12(18)7-2-1-3-8-12)5-4-6-10(11)13(15,16)17/h4-6,18H,1-3,7-8H2. The molecule has 0 saturated heterocycles. The lowest BCUT2D eigenvalue weighted by molar-refractivity contribution is -0.140. The molecule has 0 heterocycles. The summed E-state index contributed by atoms with van der Waals surface area (Å²) in [5.74, 6) is -1.34. The number of hydrogen-bond donors (Lipinski definition) is 1. The summed E-state index contributed by atoms with van der Waals surface area (Å²) in [7, 11) is 0. The van der Waals surface area contributed by atoms with Crippen LogP contribution in [0.4, 0.5) is 17.6 Å². The number of halogens is 4. The zero-order chi connectivity index (χ0) is 13.4. The Morgan fingerprint density at radius 1 is 1.06 bits per heavy atom. The first-order valence-corrected chi connectivity index (χ1v) is 5.93. The van der Waals surface area contributed by atoms with Crippen molar-refractivity contribution in [2.45, 2.75) is 43.9 Å². The van der Waals surface area contributed by atoms with Gasteiger partial charge in [-0.15, -0.1) is 0 Å². The Balaban J connectivity index is 2.45. The average Bonchev–Trinajstić information content (AvgIpc) is 2.28. The predicted octanol–water partition coefficient (Wildman–Crippen LogP) is 4.00. The van der Waals surface area contributed by atoms with Gasteiger partial charge >= 0.3 is 6.18 Å². The zero-order valence-corrected chi connectivity index (χ0v) is 9.73. The summed E-state index contributed by atoms with van der Waals surface area (Å²) >= 11 is 0. The topological polar surface area (TPSA) is 20.2 Å². The highest BCUT2D eigenvalue weighted by Gasteiger charge is 2.39. The van der Waals surface area contributed by atoms with Crippen LogP contribution in [-0.4, -0.2) is 5.11 Å². The molecule has 0 unspecified atom stereocenters. The van der Waals surface area contributed by atoms with E-state index in [1.807, 2.05) is 0 Å². The molecule has 1 aliphatic carbocycles. The molecule has 1 N–H and O–H groups in total. The van der Waals surface area contributed by atoms with Crippen molar-refractivity contribution in [2.75, 3.05) is 0 Å². The van der Waals surface area contributed by atoms with Crippen molar-refractivity contribution < 1.29 is 22.7 Å². The third-order valence-electron chi connectivity index (χ3n) is 3.49. The van der Waals surface area contributed by atoms with Crippen LogP contribution in [0.2, 0.25) is 0 Å². The van der Waals surface area contributed by atoms with Gasteiger partial charge in [0, 0.05) is 5.56 Å². The second-order valence-electron chi connectivity index (χ2n) is 4.76. The minimum Gasteiger partial charge on any atom is -0.385 e. The number of alkyl halides is 3. The van der Waals surface area contributed by atoms with Gasteiger partial charge in [0.1, 0.15) is 5.82 Å². The second kappa shape index (κ2) is 4.53. The fraction of sp³-hybridized carbons (Fsp3) is 0.538. The van der Waals surface area contributed by atoms with Crippen LogP contribution in [0, 0.1) is 5.82 Å². The van der Waals surface area contributed by atoms with Gasteiger partial charge in [-0.1, -0.05) is 31.4 Å². The van der Waals surface area contributed by atoms with Crippen molar-refractivity contribution in [3.05, 3.63) is 35.1 Å². The van der Waals surface area contributed by atoms with Crippen molar-refractivity contribution in [3.8, 4) is 0 Å². The van der Waals surface area contributed by atoms with Crippen molar-refractivity contribution in [1.82, 2.24) is 0 Å². The fourth-order valence-corrected chi connectivity index (χ4v) is 2.52. The van der Waals surface area contributed by atoms with E-state index in [1.165, 1.54) is 6.07 Å². The Hall–Kier alpha value is -1.10. The van der Waals surface area contributed by atoms with E-state index in [1.54, 1.807) is 0 Å². The van der Waals surface area contributed by atoms with Crippen LogP contribution in [0.25, 0.3) is 0 Å². The Bertz CT molecular complexity index is 433. The van der Waals surface area contributed by atoms with Crippen LogP contribution in [0.3, 0.4) is 0 Å². The largest absolute Gasteiger partial charge is 0.419 e. The maximum atomic E-state index is 13.9. The van der Waals surface area contributed by atoms with Gasteiger partial charge in [0.15, 0.2) is 0 Å². The van der Waals surface area contributed by atoms with Gasteiger partial charge in [0.05, 0.1) is 11.2 Å². The molecule has 1 aromatic carbocycles. The smallest absolute Gasteiger partial charge is 0.385 e. The Morgan fingerprint density at radius 3 is 2.22 bits per heavy atom. The van der Waals surface area contributed by atoms with Crippen LogP contribution in [0.1, 0.15) is 43.2 Å². The van der Waals surface area contributed by atoms with E-state index < -0.39 is 23.2 Å². The van der Waals surface area contributed by atoms with Gasteiger partial charge in [-0.2, -0.15) is 13.2 Å². The summed E-state index contributed by atoms with van der Waals surface area (Å²) in [5.41, 5.74) is -2.99. The first kappa shape index (κ1) is 13.3. The number of benzene rings is 1. The summed E-state index contributed by atoms with van der Waals surface area (Å²) in [6.07, 6.45) is -1.79. The minimum atomic E-state index is -4.73. The van der Waals surface area contributed by atoms with Crippen LogP contribution >= 0.6 is 0 Å². The molecule has 2 rings (SSSR count). The molecule has 1 nitrogen and oxygen atoms in total. The SMILES string of the molecule is OC1(c2cccc(C(F)(F)F)c2F)CCCCC1. The number of hydrogen-bond acceptors (Lipinski definition) is 1. The van der Waals surface area contributed by atoms with E-state index >= 15 is 0 Å². The first-order valence-electron chi connectivity index (χ1n) is 5.93. The molecule has 0 aromatic heterocycles. The predicted molar refractivity (Wildman–Crippen MR) is 58.4 cm³/mol. The van der Waals surface area contributed by atoms with Crippen molar-refractivity contribution in [1.29, 1.82) is 0 Å². The fourth-order valence-electron chi connectivity index (χ4n) is 2.52. The number of aliphatic hydroxyl groups is 1. The van der Waals surface area contributed by atoms with E-state index in [9.17, 15) is 22.7 Å². The molecule has 0 aliphatic heterocycles. The summed E-state index contributed by atoms with van der Waals surface area (Å²) < 4.78 is 51.7. The molecule has 0 radical (unpaired) electrons. The zero-order valence-electron chi connectivity index (χ0n) is 9.73. The van der Waals surface area contributed by atoms with Gasteiger partial charge in [-0.25, -0.2) is 4.39 Å². The monoisotopic (exact) mass is 262 g/mol. The Morgan fingerprint density at radius 2 is 1.67 bits per heavy atom. The van der Waals surface area contributed by atoms with Crippen LogP contribution < -0.4 is 0 Å².